The van der Waals surface area contributed by atoms with Crippen molar-refractivity contribution in [2.75, 3.05) is 6.61 Å². The summed E-state index contributed by atoms with van der Waals surface area (Å²) in [5.41, 5.74) is 2.38. The normalized spacial score (nSPS) is 10.9. The molecule has 0 unspecified atom stereocenters. The Hall–Kier alpha value is -3.80. The van der Waals surface area contributed by atoms with Gasteiger partial charge in [-0.2, -0.15) is 10.2 Å². The van der Waals surface area contributed by atoms with Crippen LogP contribution in [0.15, 0.2) is 83.0 Å². The second kappa shape index (κ2) is 13.0. The number of Topliss-reactive ketones (excluding diaryl/α,β-unsaturated/α-hetero) is 1. The largest absolute Gasteiger partial charge is 0.494 e. The molecular weight excluding hydrogens is 428 g/mol. The van der Waals surface area contributed by atoms with Crippen molar-refractivity contribution >= 4 is 23.1 Å². The lowest BCUT2D eigenvalue weighted by Crippen LogP contribution is -2.08. The van der Waals surface area contributed by atoms with E-state index in [0.29, 0.717) is 41.3 Å². The summed E-state index contributed by atoms with van der Waals surface area (Å²) in [7, 11) is 0. The van der Waals surface area contributed by atoms with E-state index in [0.717, 1.165) is 18.6 Å². The van der Waals surface area contributed by atoms with E-state index in [2.05, 4.69) is 17.2 Å². The van der Waals surface area contributed by atoms with E-state index in [1.165, 1.54) is 12.8 Å². The van der Waals surface area contributed by atoms with Crippen molar-refractivity contribution in [2.24, 2.45) is 10.2 Å². The van der Waals surface area contributed by atoms with Gasteiger partial charge >= 0.3 is 5.97 Å². The van der Waals surface area contributed by atoms with E-state index >= 15 is 0 Å². The summed E-state index contributed by atoms with van der Waals surface area (Å²) in [6, 6.07) is 20.7. The fraction of sp³-hybridized carbons (Fsp3) is 0.286. The van der Waals surface area contributed by atoms with Crippen LogP contribution >= 0.6 is 0 Å². The summed E-state index contributed by atoms with van der Waals surface area (Å²) in [5.74, 6) is 0.818. The Balaban J connectivity index is 1.50. The number of unbranched alkanes of at least 4 members (excludes halogenated alkanes) is 3. The van der Waals surface area contributed by atoms with Crippen LogP contribution in [0.3, 0.4) is 0 Å². The van der Waals surface area contributed by atoms with Gasteiger partial charge in [-0.15, -0.1) is 0 Å². The molecule has 3 aromatic carbocycles. The number of benzene rings is 3. The number of ether oxygens (including phenoxy) is 2. The zero-order valence-electron chi connectivity index (χ0n) is 19.7. The summed E-state index contributed by atoms with van der Waals surface area (Å²) < 4.78 is 11.2. The van der Waals surface area contributed by atoms with Crippen molar-refractivity contribution in [1.82, 2.24) is 0 Å². The van der Waals surface area contributed by atoms with Crippen LogP contribution in [0.1, 0.15) is 66.7 Å². The van der Waals surface area contributed by atoms with Gasteiger partial charge in [0.1, 0.15) is 11.5 Å². The van der Waals surface area contributed by atoms with Gasteiger partial charge in [-0.1, -0.05) is 33.1 Å². The van der Waals surface area contributed by atoms with Crippen LogP contribution in [0.2, 0.25) is 0 Å². The van der Waals surface area contributed by atoms with Gasteiger partial charge in [-0.3, -0.25) is 4.79 Å². The van der Waals surface area contributed by atoms with Crippen LogP contribution in [-0.4, -0.2) is 18.4 Å². The number of azo groups is 1. The first-order valence-corrected chi connectivity index (χ1v) is 11.7. The molecule has 6 nitrogen and oxygen atoms in total. The maximum absolute atomic E-state index is 12.4. The van der Waals surface area contributed by atoms with Crippen LogP contribution in [0.5, 0.6) is 11.5 Å². The Morgan fingerprint density at radius 2 is 1.24 bits per heavy atom. The highest BCUT2D eigenvalue weighted by atomic mass is 16.5. The third-order valence-electron chi connectivity index (χ3n) is 5.20. The molecular formula is C28H30N2O4. The minimum Gasteiger partial charge on any atom is -0.494 e. The summed E-state index contributed by atoms with van der Waals surface area (Å²) in [4.78, 5) is 24.1. The first kappa shape index (κ1) is 24.8. The minimum absolute atomic E-state index is 0.0932. The number of hydrogen-bond donors (Lipinski definition) is 0. The molecule has 0 atom stereocenters. The van der Waals surface area contributed by atoms with Crippen LogP contribution in [-0.2, 0) is 0 Å². The van der Waals surface area contributed by atoms with Crippen LogP contribution in [0, 0.1) is 0 Å². The van der Waals surface area contributed by atoms with Crippen molar-refractivity contribution in [3.05, 3.63) is 83.9 Å². The Labute approximate surface area is 200 Å². The van der Waals surface area contributed by atoms with Crippen molar-refractivity contribution in [3.63, 3.8) is 0 Å². The Kier molecular flexibility index (Phi) is 9.52. The van der Waals surface area contributed by atoms with E-state index in [-0.39, 0.29) is 5.78 Å². The van der Waals surface area contributed by atoms with Gasteiger partial charge in [0.2, 0.25) is 0 Å². The highest BCUT2D eigenvalue weighted by molar-refractivity contribution is 5.96. The van der Waals surface area contributed by atoms with E-state index in [1.807, 2.05) is 6.92 Å². The smallest absolute Gasteiger partial charge is 0.343 e. The fourth-order valence-corrected chi connectivity index (χ4v) is 3.19. The van der Waals surface area contributed by atoms with Crippen molar-refractivity contribution < 1.29 is 19.1 Å². The SMILES string of the molecule is CCCCCCOc1ccc(C(=O)Oc2ccc(N=Nc3ccc(C(=O)CC)cc3)cc2)cc1. The van der Waals surface area contributed by atoms with Gasteiger partial charge in [0, 0.05) is 12.0 Å². The predicted octanol–water partition coefficient (Wildman–Crippen LogP) is 7.87. The lowest BCUT2D eigenvalue weighted by molar-refractivity contribution is 0.0734. The van der Waals surface area contributed by atoms with Gasteiger partial charge in [-0.25, -0.2) is 4.79 Å². The molecule has 0 aromatic heterocycles. The molecule has 6 heteroatoms. The Morgan fingerprint density at radius 3 is 1.82 bits per heavy atom. The molecule has 0 aliphatic heterocycles. The van der Waals surface area contributed by atoms with Crippen molar-refractivity contribution in [2.45, 2.75) is 46.0 Å². The summed E-state index contributed by atoms with van der Waals surface area (Å²) in [6.45, 7) is 4.69. The summed E-state index contributed by atoms with van der Waals surface area (Å²) in [6.07, 6.45) is 5.07. The Morgan fingerprint density at radius 1 is 0.676 bits per heavy atom. The lowest BCUT2D eigenvalue weighted by atomic mass is 10.1. The number of carbonyl (C=O) groups is 2. The molecule has 0 aliphatic carbocycles. The average molecular weight is 459 g/mol. The van der Waals surface area contributed by atoms with Gasteiger partial charge in [-0.05, 0) is 79.2 Å². The van der Waals surface area contributed by atoms with Crippen molar-refractivity contribution in [1.29, 1.82) is 0 Å². The number of esters is 1. The summed E-state index contributed by atoms with van der Waals surface area (Å²) in [5, 5.41) is 8.36. The van der Waals surface area contributed by atoms with E-state index in [1.54, 1.807) is 72.8 Å². The molecule has 0 spiro atoms. The third kappa shape index (κ3) is 7.66. The number of rotatable bonds is 12. The van der Waals surface area contributed by atoms with E-state index in [9.17, 15) is 9.59 Å². The molecule has 3 rings (SSSR count). The van der Waals surface area contributed by atoms with E-state index < -0.39 is 5.97 Å². The lowest BCUT2D eigenvalue weighted by Gasteiger charge is -2.07. The fourth-order valence-electron chi connectivity index (χ4n) is 3.19. The van der Waals surface area contributed by atoms with E-state index in [4.69, 9.17) is 9.47 Å². The van der Waals surface area contributed by atoms with Gasteiger partial charge in [0.15, 0.2) is 5.78 Å². The quantitative estimate of drug-likeness (QED) is 0.0909. The first-order chi connectivity index (χ1) is 16.6. The molecule has 0 N–H and O–H groups in total. The zero-order valence-corrected chi connectivity index (χ0v) is 19.7. The molecule has 0 amide bonds. The van der Waals surface area contributed by atoms with Crippen LogP contribution in [0.4, 0.5) is 11.4 Å². The topological polar surface area (TPSA) is 77.3 Å². The predicted molar refractivity (Wildman–Crippen MR) is 133 cm³/mol. The number of hydrogen-bond acceptors (Lipinski definition) is 6. The number of ketones is 1. The molecule has 0 saturated carbocycles. The van der Waals surface area contributed by atoms with Crippen molar-refractivity contribution in [3.8, 4) is 11.5 Å². The Bertz CT molecular complexity index is 1090. The molecule has 0 heterocycles. The van der Waals surface area contributed by atoms with Gasteiger partial charge in [0.05, 0.1) is 23.5 Å². The molecule has 34 heavy (non-hydrogen) atoms. The number of nitrogens with zero attached hydrogens (tertiary/aromatic N) is 2. The number of carbonyl (C=O) groups excluding carboxylic acids is 2. The standard InChI is InChI=1S/C28H30N2O4/c1-3-5-6-7-20-33-25-16-10-22(11-17-25)28(32)34-26-18-14-24(15-19-26)30-29-23-12-8-21(9-13-23)27(31)4-2/h8-19H,3-7,20H2,1-2H3. The summed E-state index contributed by atoms with van der Waals surface area (Å²) >= 11 is 0. The van der Waals surface area contributed by atoms with Gasteiger partial charge in [0.25, 0.3) is 0 Å². The highest BCUT2D eigenvalue weighted by Gasteiger charge is 2.09. The molecule has 0 fully saturated rings. The average Bonchev–Trinajstić information content (AvgIpc) is 2.88. The van der Waals surface area contributed by atoms with Crippen LogP contribution in [0.25, 0.3) is 0 Å². The molecule has 0 radical (unpaired) electrons. The van der Waals surface area contributed by atoms with Crippen LogP contribution < -0.4 is 9.47 Å². The highest BCUT2D eigenvalue weighted by Crippen LogP contribution is 2.23. The molecule has 0 aliphatic rings. The first-order valence-electron chi connectivity index (χ1n) is 11.7. The second-order valence-electron chi connectivity index (χ2n) is 7.84. The monoisotopic (exact) mass is 458 g/mol. The van der Waals surface area contributed by atoms with Gasteiger partial charge < -0.3 is 9.47 Å². The third-order valence-corrected chi connectivity index (χ3v) is 5.20. The minimum atomic E-state index is -0.439. The molecule has 176 valence electrons. The second-order valence-corrected chi connectivity index (χ2v) is 7.84. The maximum atomic E-state index is 12.4. The molecule has 0 bridgehead atoms. The zero-order chi connectivity index (χ0) is 24.2. The maximum Gasteiger partial charge on any atom is 0.343 e. The molecule has 0 saturated heterocycles. The molecule has 3 aromatic rings.